The molecular formula is C18H25N3OS. The van der Waals surface area contributed by atoms with Crippen LogP contribution in [0.15, 0.2) is 42.0 Å². The molecule has 1 amide bonds. The number of amides is 1. The fourth-order valence-electron chi connectivity index (χ4n) is 3.16. The van der Waals surface area contributed by atoms with Gasteiger partial charge in [0.1, 0.15) is 5.54 Å². The summed E-state index contributed by atoms with van der Waals surface area (Å²) in [6.07, 6.45) is 4.98. The third-order valence-electron chi connectivity index (χ3n) is 4.61. The van der Waals surface area contributed by atoms with E-state index in [-0.39, 0.29) is 5.91 Å². The predicted octanol–water partition coefficient (Wildman–Crippen LogP) is 3.02. The van der Waals surface area contributed by atoms with Crippen LogP contribution in [-0.2, 0) is 16.9 Å². The van der Waals surface area contributed by atoms with Gasteiger partial charge in [-0.15, -0.1) is 11.3 Å². The maximum atomic E-state index is 13.0. The van der Waals surface area contributed by atoms with Gasteiger partial charge in [0.2, 0.25) is 5.91 Å². The highest BCUT2D eigenvalue weighted by Gasteiger charge is 2.33. The number of rotatable bonds is 4. The van der Waals surface area contributed by atoms with Crippen LogP contribution in [0.1, 0.15) is 25.1 Å². The van der Waals surface area contributed by atoms with Crippen molar-refractivity contribution in [3.63, 3.8) is 0 Å². The second-order valence-electron chi connectivity index (χ2n) is 6.65. The third-order valence-corrected chi connectivity index (χ3v) is 5.47. The lowest BCUT2D eigenvalue weighted by Crippen LogP contribution is -2.47. The van der Waals surface area contributed by atoms with Crippen LogP contribution in [0.25, 0.3) is 0 Å². The zero-order chi connectivity index (χ0) is 16.3. The Morgan fingerprint density at radius 2 is 1.91 bits per heavy atom. The normalized spacial score (nSPS) is 17.2. The zero-order valence-corrected chi connectivity index (χ0v) is 14.8. The maximum Gasteiger partial charge on any atom is 0.248 e. The van der Waals surface area contributed by atoms with Gasteiger partial charge < -0.3 is 9.47 Å². The van der Waals surface area contributed by atoms with Crippen molar-refractivity contribution in [2.45, 2.75) is 32.4 Å². The molecule has 1 fully saturated rings. The number of carbonyl (C=O) groups excluding carboxylic acids is 1. The first kappa shape index (κ1) is 16.3. The molecule has 3 heterocycles. The molecule has 0 radical (unpaired) electrons. The molecular weight excluding hydrogens is 306 g/mol. The molecule has 0 unspecified atom stereocenters. The number of nitrogens with zero attached hydrogens (tertiary/aromatic N) is 3. The monoisotopic (exact) mass is 331 g/mol. The average molecular weight is 331 g/mol. The second-order valence-corrected chi connectivity index (χ2v) is 7.68. The fraction of sp³-hybridized carbons (Fsp3) is 0.500. The number of carbonyl (C=O) groups is 1. The van der Waals surface area contributed by atoms with Crippen molar-refractivity contribution in [2.75, 3.05) is 26.2 Å². The van der Waals surface area contributed by atoms with E-state index < -0.39 is 5.54 Å². The van der Waals surface area contributed by atoms with Gasteiger partial charge in [0, 0.05) is 50.0 Å². The minimum atomic E-state index is -0.521. The van der Waals surface area contributed by atoms with Gasteiger partial charge in [-0.2, -0.15) is 0 Å². The number of thiophene rings is 1. The quantitative estimate of drug-likeness (QED) is 0.861. The smallest absolute Gasteiger partial charge is 0.248 e. The molecule has 0 bridgehead atoms. The SMILES string of the molecule is CC(C)(C(=O)N1CCCN(Cc2cccs2)CC1)n1cccc1. The van der Waals surface area contributed by atoms with Crippen LogP contribution < -0.4 is 0 Å². The Kier molecular flexibility index (Phi) is 4.87. The molecule has 5 heteroatoms. The Balaban J connectivity index is 1.62. The Morgan fingerprint density at radius 1 is 1.13 bits per heavy atom. The molecule has 0 atom stereocenters. The Morgan fingerprint density at radius 3 is 2.61 bits per heavy atom. The first-order valence-corrected chi connectivity index (χ1v) is 9.13. The van der Waals surface area contributed by atoms with Gasteiger partial charge >= 0.3 is 0 Å². The van der Waals surface area contributed by atoms with Crippen LogP contribution >= 0.6 is 11.3 Å². The third kappa shape index (κ3) is 3.67. The molecule has 4 nitrogen and oxygen atoms in total. The van der Waals surface area contributed by atoms with Gasteiger partial charge in [0.25, 0.3) is 0 Å². The molecule has 1 aliphatic rings. The summed E-state index contributed by atoms with van der Waals surface area (Å²) in [6, 6.07) is 8.24. The summed E-state index contributed by atoms with van der Waals surface area (Å²) in [5, 5.41) is 2.13. The molecule has 3 rings (SSSR count). The summed E-state index contributed by atoms with van der Waals surface area (Å²) >= 11 is 1.81. The largest absolute Gasteiger partial charge is 0.340 e. The van der Waals surface area contributed by atoms with E-state index in [4.69, 9.17) is 0 Å². The van der Waals surface area contributed by atoms with Gasteiger partial charge in [-0.3, -0.25) is 9.69 Å². The molecule has 1 saturated heterocycles. The molecule has 124 valence electrons. The molecule has 0 aromatic carbocycles. The summed E-state index contributed by atoms with van der Waals surface area (Å²) in [6.45, 7) is 8.68. The highest BCUT2D eigenvalue weighted by atomic mass is 32.1. The molecule has 2 aromatic heterocycles. The van der Waals surface area contributed by atoms with Gasteiger partial charge in [0.15, 0.2) is 0 Å². The summed E-state index contributed by atoms with van der Waals surface area (Å²) in [4.78, 5) is 18.9. The molecule has 0 aliphatic carbocycles. The molecule has 1 aliphatic heterocycles. The van der Waals surface area contributed by atoms with Crippen molar-refractivity contribution in [3.8, 4) is 0 Å². The minimum Gasteiger partial charge on any atom is -0.340 e. The van der Waals surface area contributed by atoms with Crippen LogP contribution in [0, 0.1) is 0 Å². The highest BCUT2D eigenvalue weighted by Crippen LogP contribution is 2.21. The van der Waals surface area contributed by atoms with E-state index in [9.17, 15) is 4.79 Å². The molecule has 23 heavy (non-hydrogen) atoms. The van der Waals surface area contributed by atoms with Crippen LogP contribution in [0.2, 0.25) is 0 Å². The topological polar surface area (TPSA) is 28.5 Å². The zero-order valence-electron chi connectivity index (χ0n) is 13.9. The standard InChI is InChI=1S/C18H25N3OS/c1-18(2,21-10-3-4-11-21)17(22)20-9-6-8-19(12-13-20)15-16-7-5-14-23-16/h3-5,7,10-11,14H,6,8-9,12-13,15H2,1-2H3. The average Bonchev–Trinajstić information content (AvgIpc) is 3.19. The van der Waals surface area contributed by atoms with Crippen molar-refractivity contribution < 1.29 is 4.79 Å². The summed E-state index contributed by atoms with van der Waals surface area (Å²) in [7, 11) is 0. The Hall–Kier alpha value is -1.59. The van der Waals surface area contributed by atoms with E-state index in [1.807, 2.05) is 59.2 Å². The van der Waals surface area contributed by atoms with E-state index in [0.29, 0.717) is 0 Å². The summed E-state index contributed by atoms with van der Waals surface area (Å²) < 4.78 is 2.00. The van der Waals surface area contributed by atoms with E-state index in [0.717, 1.165) is 39.1 Å². The predicted molar refractivity (Wildman–Crippen MR) is 94.5 cm³/mol. The molecule has 0 N–H and O–H groups in total. The number of hydrogen-bond donors (Lipinski definition) is 0. The Bertz CT molecular complexity index is 619. The first-order valence-electron chi connectivity index (χ1n) is 8.25. The number of hydrogen-bond acceptors (Lipinski definition) is 3. The minimum absolute atomic E-state index is 0.215. The lowest BCUT2D eigenvalue weighted by molar-refractivity contribution is -0.139. The van der Waals surface area contributed by atoms with Crippen molar-refractivity contribution in [1.82, 2.24) is 14.4 Å². The van der Waals surface area contributed by atoms with Gasteiger partial charge in [-0.1, -0.05) is 6.07 Å². The Labute approximate surface area is 142 Å². The van der Waals surface area contributed by atoms with Crippen molar-refractivity contribution in [3.05, 3.63) is 46.9 Å². The summed E-state index contributed by atoms with van der Waals surface area (Å²) in [5.74, 6) is 0.215. The molecule has 0 spiro atoms. The molecule has 0 saturated carbocycles. The van der Waals surface area contributed by atoms with E-state index in [1.54, 1.807) is 0 Å². The van der Waals surface area contributed by atoms with Crippen LogP contribution in [0.5, 0.6) is 0 Å². The van der Waals surface area contributed by atoms with Gasteiger partial charge in [-0.05, 0) is 43.8 Å². The lowest BCUT2D eigenvalue weighted by atomic mass is 10.0. The van der Waals surface area contributed by atoms with Crippen molar-refractivity contribution >= 4 is 17.2 Å². The maximum absolute atomic E-state index is 13.0. The fourth-order valence-corrected chi connectivity index (χ4v) is 3.91. The van der Waals surface area contributed by atoms with E-state index in [2.05, 4.69) is 22.4 Å². The van der Waals surface area contributed by atoms with Crippen LogP contribution in [-0.4, -0.2) is 46.5 Å². The summed E-state index contributed by atoms with van der Waals surface area (Å²) in [5.41, 5.74) is -0.521. The van der Waals surface area contributed by atoms with Crippen LogP contribution in [0.4, 0.5) is 0 Å². The number of aromatic nitrogens is 1. The lowest BCUT2D eigenvalue weighted by Gasteiger charge is -2.32. The van der Waals surface area contributed by atoms with E-state index in [1.165, 1.54) is 4.88 Å². The van der Waals surface area contributed by atoms with Gasteiger partial charge in [0.05, 0.1) is 0 Å². The first-order chi connectivity index (χ1) is 11.1. The van der Waals surface area contributed by atoms with Crippen molar-refractivity contribution in [2.24, 2.45) is 0 Å². The van der Waals surface area contributed by atoms with Crippen molar-refractivity contribution in [1.29, 1.82) is 0 Å². The van der Waals surface area contributed by atoms with Crippen LogP contribution in [0.3, 0.4) is 0 Å². The van der Waals surface area contributed by atoms with E-state index >= 15 is 0 Å². The highest BCUT2D eigenvalue weighted by molar-refractivity contribution is 7.09. The van der Waals surface area contributed by atoms with Gasteiger partial charge in [-0.25, -0.2) is 0 Å². The second kappa shape index (κ2) is 6.89. The molecule has 2 aromatic rings.